The lowest BCUT2D eigenvalue weighted by Crippen LogP contribution is -2.46. The maximum Gasteiger partial charge on any atom is 0.237 e. The smallest absolute Gasteiger partial charge is 0.237 e. The molecule has 1 unspecified atom stereocenters. The molecule has 2 fully saturated rings. The number of rotatable bonds is 4. The lowest BCUT2D eigenvalue weighted by atomic mass is 10.0. The number of halogens is 1. The third-order valence-corrected chi connectivity index (χ3v) is 5.89. The van der Waals surface area contributed by atoms with E-state index in [2.05, 4.69) is 27.3 Å². The Bertz CT molecular complexity index is 934. The SMILES string of the molecule is Cc1cnc2cccc(NC3CCN(CC(=O)N4C[C@@H](F)CC4C#N)CC3)c2c1. The van der Waals surface area contributed by atoms with E-state index in [0.717, 1.165) is 48.1 Å². The molecule has 7 heteroatoms. The van der Waals surface area contributed by atoms with Crippen molar-refractivity contribution in [2.75, 3.05) is 31.5 Å². The van der Waals surface area contributed by atoms with Gasteiger partial charge in [0.05, 0.1) is 24.7 Å². The minimum atomic E-state index is -1.09. The molecule has 2 saturated heterocycles. The second kappa shape index (κ2) is 8.34. The summed E-state index contributed by atoms with van der Waals surface area (Å²) < 4.78 is 13.6. The molecule has 6 nitrogen and oxygen atoms in total. The number of aryl methyl sites for hydroxylation is 1. The third-order valence-electron chi connectivity index (χ3n) is 5.89. The Kier molecular flexibility index (Phi) is 5.63. The summed E-state index contributed by atoms with van der Waals surface area (Å²) in [5, 5.41) is 13.9. The van der Waals surface area contributed by atoms with Gasteiger partial charge < -0.3 is 10.2 Å². The minimum Gasteiger partial charge on any atom is -0.382 e. The fourth-order valence-corrected chi connectivity index (χ4v) is 4.30. The van der Waals surface area contributed by atoms with E-state index in [1.807, 2.05) is 31.3 Å². The average Bonchev–Trinajstić information content (AvgIpc) is 3.11. The number of aromatic nitrogens is 1. The van der Waals surface area contributed by atoms with Crippen LogP contribution in [0.4, 0.5) is 10.1 Å². The predicted octanol–water partition coefficient (Wildman–Crippen LogP) is 2.88. The van der Waals surface area contributed by atoms with Crippen molar-refractivity contribution in [1.29, 1.82) is 5.26 Å². The second-order valence-electron chi connectivity index (χ2n) is 8.10. The molecule has 29 heavy (non-hydrogen) atoms. The number of anilines is 1. The number of nitrogens with one attached hydrogen (secondary N) is 1. The van der Waals surface area contributed by atoms with Crippen LogP contribution >= 0.6 is 0 Å². The zero-order chi connectivity index (χ0) is 20.4. The monoisotopic (exact) mass is 395 g/mol. The van der Waals surface area contributed by atoms with Gasteiger partial charge in [-0.2, -0.15) is 5.26 Å². The van der Waals surface area contributed by atoms with Crippen LogP contribution in [-0.2, 0) is 4.79 Å². The molecule has 152 valence electrons. The maximum absolute atomic E-state index is 13.6. The Morgan fingerprint density at radius 1 is 1.38 bits per heavy atom. The first kappa shape index (κ1) is 19.6. The topological polar surface area (TPSA) is 72.3 Å². The largest absolute Gasteiger partial charge is 0.382 e. The summed E-state index contributed by atoms with van der Waals surface area (Å²) in [7, 11) is 0. The standard InChI is InChI=1S/C22H26FN5O/c1-15-9-19-20(25-12-15)3-2-4-21(19)26-17-5-7-27(8-6-17)14-22(29)28-13-16(23)10-18(28)11-24/h2-4,9,12,16-18,26H,5-8,10,13-14H2,1H3/t16-,18?/m0/s1. The van der Waals surface area contributed by atoms with Crippen molar-refractivity contribution in [3.05, 3.63) is 36.0 Å². The van der Waals surface area contributed by atoms with Gasteiger partial charge in [-0.25, -0.2) is 4.39 Å². The van der Waals surface area contributed by atoms with Crippen molar-refractivity contribution in [3.8, 4) is 6.07 Å². The van der Waals surface area contributed by atoms with Gasteiger partial charge in [-0.1, -0.05) is 6.07 Å². The quantitative estimate of drug-likeness (QED) is 0.862. The van der Waals surface area contributed by atoms with E-state index >= 15 is 0 Å². The van der Waals surface area contributed by atoms with Crippen LogP contribution in [0.15, 0.2) is 30.5 Å². The first-order valence-electron chi connectivity index (χ1n) is 10.2. The fraction of sp³-hybridized carbons (Fsp3) is 0.500. The highest BCUT2D eigenvalue weighted by Crippen LogP contribution is 2.26. The van der Waals surface area contributed by atoms with Gasteiger partial charge in [0.25, 0.3) is 0 Å². The summed E-state index contributed by atoms with van der Waals surface area (Å²) in [4.78, 5) is 20.5. The lowest BCUT2D eigenvalue weighted by molar-refractivity contribution is -0.132. The molecule has 0 radical (unpaired) electrons. The zero-order valence-corrected chi connectivity index (χ0v) is 16.6. The first-order valence-corrected chi connectivity index (χ1v) is 10.2. The molecule has 2 aromatic rings. The van der Waals surface area contributed by atoms with Crippen molar-refractivity contribution < 1.29 is 9.18 Å². The Labute approximate surface area is 170 Å². The number of hydrogen-bond donors (Lipinski definition) is 1. The number of alkyl halides is 1. The van der Waals surface area contributed by atoms with Gasteiger partial charge in [-0.05, 0) is 43.5 Å². The summed E-state index contributed by atoms with van der Waals surface area (Å²) in [5.41, 5.74) is 3.21. The van der Waals surface area contributed by atoms with E-state index in [9.17, 15) is 9.18 Å². The van der Waals surface area contributed by atoms with E-state index < -0.39 is 12.2 Å². The summed E-state index contributed by atoms with van der Waals surface area (Å²) in [6.07, 6.45) is 2.78. The predicted molar refractivity (Wildman–Crippen MR) is 110 cm³/mol. The van der Waals surface area contributed by atoms with Gasteiger partial charge in [0, 0.05) is 42.8 Å². The van der Waals surface area contributed by atoms with E-state index in [0.29, 0.717) is 6.04 Å². The van der Waals surface area contributed by atoms with Crippen LogP contribution in [0.2, 0.25) is 0 Å². The summed E-state index contributed by atoms with van der Waals surface area (Å²) in [5.74, 6) is -0.140. The lowest BCUT2D eigenvalue weighted by Gasteiger charge is -2.33. The number of likely N-dealkylation sites (tertiary alicyclic amines) is 2. The summed E-state index contributed by atoms with van der Waals surface area (Å²) in [6.45, 7) is 3.95. The molecule has 1 N–H and O–H groups in total. The van der Waals surface area contributed by atoms with Crippen LogP contribution in [-0.4, -0.2) is 65.1 Å². The molecule has 2 atom stereocenters. The van der Waals surface area contributed by atoms with Gasteiger partial charge in [-0.3, -0.25) is 14.7 Å². The molecule has 1 aromatic carbocycles. The molecule has 0 bridgehead atoms. The van der Waals surface area contributed by atoms with Gasteiger partial charge in [0.2, 0.25) is 5.91 Å². The molecular weight excluding hydrogens is 369 g/mol. The van der Waals surface area contributed by atoms with Crippen LogP contribution < -0.4 is 5.32 Å². The number of nitrogens with zero attached hydrogens (tertiary/aromatic N) is 4. The average molecular weight is 395 g/mol. The number of amides is 1. The van der Waals surface area contributed by atoms with Gasteiger partial charge in [0.15, 0.2) is 0 Å². The molecule has 0 spiro atoms. The molecule has 3 heterocycles. The fourth-order valence-electron chi connectivity index (χ4n) is 4.30. The van der Waals surface area contributed by atoms with Crippen molar-refractivity contribution in [1.82, 2.24) is 14.8 Å². The van der Waals surface area contributed by atoms with Crippen LogP contribution in [0.5, 0.6) is 0 Å². The number of carbonyl (C=O) groups is 1. The number of carbonyl (C=O) groups excluding carboxylic acids is 1. The van der Waals surface area contributed by atoms with Crippen LogP contribution in [0.25, 0.3) is 10.9 Å². The molecule has 2 aliphatic heterocycles. The maximum atomic E-state index is 13.6. The summed E-state index contributed by atoms with van der Waals surface area (Å²) in [6, 6.07) is 10.0. The highest BCUT2D eigenvalue weighted by atomic mass is 19.1. The van der Waals surface area contributed by atoms with Crippen molar-refractivity contribution >= 4 is 22.5 Å². The van der Waals surface area contributed by atoms with Crippen molar-refractivity contribution in [3.63, 3.8) is 0 Å². The molecule has 1 aromatic heterocycles. The van der Waals surface area contributed by atoms with Crippen molar-refractivity contribution in [2.45, 2.75) is 44.4 Å². The Morgan fingerprint density at radius 2 is 2.17 bits per heavy atom. The number of piperidine rings is 1. The Hall–Kier alpha value is -2.72. The number of hydrogen-bond acceptors (Lipinski definition) is 5. The normalized spacial score (nSPS) is 23.3. The molecule has 1 amide bonds. The highest BCUT2D eigenvalue weighted by molar-refractivity contribution is 5.91. The zero-order valence-electron chi connectivity index (χ0n) is 16.6. The van der Waals surface area contributed by atoms with Gasteiger partial charge in [0.1, 0.15) is 12.2 Å². The molecule has 4 rings (SSSR count). The minimum absolute atomic E-state index is 0.0453. The van der Waals surface area contributed by atoms with Gasteiger partial charge in [-0.15, -0.1) is 0 Å². The van der Waals surface area contributed by atoms with E-state index in [1.165, 1.54) is 4.90 Å². The number of pyridine rings is 1. The Morgan fingerprint density at radius 3 is 2.93 bits per heavy atom. The van der Waals surface area contributed by atoms with E-state index in [1.54, 1.807) is 0 Å². The number of fused-ring (bicyclic) bond motifs is 1. The molecule has 2 aliphatic rings. The Balaban J connectivity index is 1.33. The number of nitriles is 1. The molecule has 0 saturated carbocycles. The van der Waals surface area contributed by atoms with Gasteiger partial charge >= 0.3 is 0 Å². The second-order valence-corrected chi connectivity index (χ2v) is 8.10. The van der Waals surface area contributed by atoms with Crippen molar-refractivity contribution in [2.24, 2.45) is 0 Å². The summed E-state index contributed by atoms with van der Waals surface area (Å²) >= 11 is 0. The van der Waals surface area contributed by atoms with E-state index in [4.69, 9.17) is 5.26 Å². The van der Waals surface area contributed by atoms with Crippen LogP contribution in [0, 0.1) is 18.3 Å². The van der Waals surface area contributed by atoms with Crippen LogP contribution in [0.1, 0.15) is 24.8 Å². The van der Waals surface area contributed by atoms with Crippen LogP contribution in [0.3, 0.4) is 0 Å². The first-order chi connectivity index (χ1) is 14.0. The molecule has 0 aliphatic carbocycles. The third kappa shape index (κ3) is 4.33. The van der Waals surface area contributed by atoms with E-state index in [-0.39, 0.29) is 25.4 Å². The highest BCUT2D eigenvalue weighted by Gasteiger charge is 2.36. The number of benzene rings is 1. The molecular formula is C22H26FN5O.